The standard InChI is InChI=1S/C9H13F3O/c10-9(11,12)5-4-8(13)6-7-2-1-3-7/h7H,1-6H2. The molecule has 0 aromatic heterocycles. The third kappa shape index (κ3) is 4.29. The van der Waals surface area contributed by atoms with Gasteiger partial charge in [-0.05, 0) is 5.92 Å². The lowest BCUT2D eigenvalue weighted by Gasteiger charge is -2.24. The maximum absolute atomic E-state index is 11.7. The molecule has 0 saturated heterocycles. The molecule has 0 bridgehead atoms. The summed E-state index contributed by atoms with van der Waals surface area (Å²) in [5.74, 6) is 0.141. The molecule has 1 rings (SSSR count). The number of carbonyl (C=O) groups is 1. The molecule has 0 aliphatic heterocycles. The smallest absolute Gasteiger partial charge is 0.300 e. The van der Waals surface area contributed by atoms with Crippen molar-refractivity contribution in [3.05, 3.63) is 0 Å². The fourth-order valence-electron chi connectivity index (χ4n) is 1.40. The molecule has 1 saturated carbocycles. The van der Waals surface area contributed by atoms with E-state index in [1.807, 2.05) is 0 Å². The van der Waals surface area contributed by atoms with Gasteiger partial charge in [0, 0.05) is 12.8 Å². The van der Waals surface area contributed by atoms with Crippen molar-refractivity contribution in [2.45, 2.75) is 44.7 Å². The van der Waals surface area contributed by atoms with Gasteiger partial charge in [-0.3, -0.25) is 4.79 Å². The Morgan fingerprint density at radius 3 is 2.31 bits per heavy atom. The van der Waals surface area contributed by atoms with Crippen LogP contribution < -0.4 is 0 Å². The Morgan fingerprint density at radius 2 is 1.92 bits per heavy atom. The molecule has 0 aromatic carbocycles. The molecule has 1 aliphatic rings. The summed E-state index contributed by atoms with van der Waals surface area (Å²) in [6.45, 7) is 0. The Kier molecular flexibility index (Phi) is 3.33. The van der Waals surface area contributed by atoms with Gasteiger partial charge in [-0.1, -0.05) is 19.3 Å². The first-order valence-corrected chi connectivity index (χ1v) is 4.56. The fourth-order valence-corrected chi connectivity index (χ4v) is 1.40. The zero-order valence-corrected chi connectivity index (χ0v) is 7.36. The number of halogens is 3. The summed E-state index contributed by atoms with van der Waals surface area (Å²) < 4.78 is 35.1. The van der Waals surface area contributed by atoms with Gasteiger partial charge in [0.2, 0.25) is 0 Å². The average Bonchev–Trinajstić information content (AvgIpc) is 1.91. The predicted molar refractivity (Wildman–Crippen MR) is 42.3 cm³/mol. The van der Waals surface area contributed by atoms with Crippen molar-refractivity contribution in [2.75, 3.05) is 0 Å². The van der Waals surface area contributed by atoms with E-state index >= 15 is 0 Å². The topological polar surface area (TPSA) is 17.1 Å². The van der Waals surface area contributed by atoms with E-state index < -0.39 is 12.6 Å². The molecule has 0 spiro atoms. The van der Waals surface area contributed by atoms with Gasteiger partial charge in [0.05, 0.1) is 6.42 Å². The third-order valence-electron chi connectivity index (χ3n) is 2.43. The molecule has 0 radical (unpaired) electrons. The second-order valence-electron chi connectivity index (χ2n) is 3.65. The highest BCUT2D eigenvalue weighted by atomic mass is 19.4. The van der Waals surface area contributed by atoms with E-state index in [-0.39, 0.29) is 12.2 Å². The Morgan fingerprint density at radius 1 is 1.31 bits per heavy atom. The van der Waals surface area contributed by atoms with E-state index in [2.05, 4.69) is 0 Å². The fraction of sp³-hybridized carbons (Fsp3) is 0.889. The highest BCUT2D eigenvalue weighted by Gasteiger charge is 2.29. The lowest BCUT2D eigenvalue weighted by molar-refractivity contribution is -0.143. The summed E-state index contributed by atoms with van der Waals surface area (Å²) in [4.78, 5) is 11.0. The zero-order chi connectivity index (χ0) is 9.90. The van der Waals surface area contributed by atoms with Crippen molar-refractivity contribution < 1.29 is 18.0 Å². The van der Waals surface area contributed by atoms with Crippen LogP contribution in [0.4, 0.5) is 13.2 Å². The normalized spacial score (nSPS) is 18.4. The first-order valence-electron chi connectivity index (χ1n) is 4.56. The highest BCUT2D eigenvalue weighted by molar-refractivity contribution is 5.78. The molecular weight excluding hydrogens is 181 g/mol. The van der Waals surface area contributed by atoms with E-state index in [0.29, 0.717) is 12.3 Å². The number of carbonyl (C=O) groups excluding carboxylic acids is 1. The van der Waals surface area contributed by atoms with Crippen molar-refractivity contribution in [2.24, 2.45) is 5.92 Å². The lowest BCUT2D eigenvalue weighted by atomic mass is 9.81. The van der Waals surface area contributed by atoms with Gasteiger partial charge < -0.3 is 0 Å². The second kappa shape index (κ2) is 4.11. The van der Waals surface area contributed by atoms with Crippen LogP contribution in [0.1, 0.15) is 38.5 Å². The SMILES string of the molecule is O=C(CCC(F)(F)F)CC1CCC1. The summed E-state index contributed by atoms with van der Waals surface area (Å²) >= 11 is 0. The second-order valence-corrected chi connectivity index (χ2v) is 3.65. The molecule has 1 fully saturated rings. The predicted octanol–water partition coefficient (Wildman–Crippen LogP) is 3.09. The van der Waals surface area contributed by atoms with E-state index in [4.69, 9.17) is 0 Å². The van der Waals surface area contributed by atoms with Gasteiger partial charge in [0.15, 0.2) is 0 Å². The number of hydrogen-bond acceptors (Lipinski definition) is 1. The van der Waals surface area contributed by atoms with Crippen LogP contribution in [0.15, 0.2) is 0 Å². The van der Waals surface area contributed by atoms with Gasteiger partial charge >= 0.3 is 6.18 Å². The quantitative estimate of drug-likeness (QED) is 0.672. The molecule has 1 aliphatic carbocycles. The molecule has 0 unspecified atom stereocenters. The largest absolute Gasteiger partial charge is 0.389 e. The molecule has 0 heterocycles. The van der Waals surface area contributed by atoms with E-state index in [1.54, 1.807) is 0 Å². The van der Waals surface area contributed by atoms with Gasteiger partial charge in [-0.2, -0.15) is 13.2 Å². The molecule has 0 N–H and O–H groups in total. The summed E-state index contributed by atoms with van der Waals surface area (Å²) in [5, 5.41) is 0. The van der Waals surface area contributed by atoms with Crippen molar-refractivity contribution in [1.29, 1.82) is 0 Å². The van der Waals surface area contributed by atoms with E-state index in [1.165, 1.54) is 0 Å². The summed E-state index contributed by atoms with van der Waals surface area (Å²) in [6, 6.07) is 0. The van der Waals surface area contributed by atoms with Crippen molar-refractivity contribution in [3.8, 4) is 0 Å². The minimum Gasteiger partial charge on any atom is -0.300 e. The van der Waals surface area contributed by atoms with Crippen LogP contribution in [0.3, 0.4) is 0 Å². The van der Waals surface area contributed by atoms with Crippen molar-refractivity contribution in [3.63, 3.8) is 0 Å². The third-order valence-corrected chi connectivity index (χ3v) is 2.43. The van der Waals surface area contributed by atoms with E-state index in [9.17, 15) is 18.0 Å². The molecule has 4 heteroatoms. The van der Waals surface area contributed by atoms with Gasteiger partial charge in [-0.15, -0.1) is 0 Å². The molecule has 13 heavy (non-hydrogen) atoms. The minimum atomic E-state index is -4.19. The first kappa shape index (κ1) is 10.5. The lowest BCUT2D eigenvalue weighted by Crippen LogP contribution is -2.17. The molecule has 0 atom stereocenters. The summed E-state index contributed by atoms with van der Waals surface area (Å²) in [6.07, 6.45) is -1.98. The van der Waals surface area contributed by atoms with Gasteiger partial charge in [0.25, 0.3) is 0 Å². The van der Waals surface area contributed by atoms with E-state index in [0.717, 1.165) is 19.3 Å². The monoisotopic (exact) mass is 194 g/mol. The van der Waals surface area contributed by atoms with Crippen LogP contribution in [0, 0.1) is 5.92 Å². The Bertz CT molecular complexity index is 182. The zero-order valence-electron chi connectivity index (χ0n) is 7.36. The number of Topliss-reactive ketones (excluding diaryl/α,β-unsaturated/α-hetero) is 1. The Labute approximate surface area is 75.3 Å². The van der Waals surface area contributed by atoms with Crippen LogP contribution in [0.5, 0.6) is 0 Å². The van der Waals surface area contributed by atoms with Gasteiger partial charge in [-0.25, -0.2) is 0 Å². The molecule has 0 aromatic rings. The van der Waals surface area contributed by atoms with Crippen LogP contribution >= 0.6 is 0 Å². The number of hydrogen-bond donors (Lipinski definition) is 0. The molecule has 1 nitrogen and oxygen atoms in total. The maximum Gasteiger partial charge on any atom is 0.389 e. The highest BCUT2D eigenvalue weighted by Crippen LogP contribution is 2.30. The molecule has 76 valence electrons. The number of alkyl halides is 3. The van der Waals surface area contributed by atoms with Crippen molar-refractivity contribution >= 4 is 5.78 Å². The van der Waals surface area contributed by atoms with Crippen LogP contribution in [0.25, 0.3) is 0 Å². The Balaban J connectivity index is 2.10. The Hall–Kier alpha value is -0.540. The number of ketones is 1. The molecule has 0 amide bonds. The van der Waals surface area contributed by atoms with Crippen LogP contribution in [-0.2, 0) is 4.79 Å². The molecular formula is C9H13F3O. The number of rotatable bonds is 4. The first-order chi connectivity index (χ1) is 5.97. The maximum atomic E-state index is 11.7. The van der Waals surface area contributed by atoms with Crippen LogP contribution in [-0.4, -0.2) is 12.0 Å². The van der Waals surface area contributed by atoms with Crippen LogP contribution in [0.2, 0.25) is 0 Å². The van der Waals surface area contributed by atoms with Gasteiger partial charge in [0.1, 0.15) is 5.78 Å². The van der Waals surface area contributed by atoms with Crippen molar-refractivity contribution in [1.82, 2.24) is 0 Å². The summed E-state index contributed by atoms with van der Waals surface area (Å²) in [5.41, 5.74) is 0. The average molecular weight is 194 g/mol. The minimum absolute atomic E-state index is 0.234. The summed E-state index contributed by atoms with van der Waals surface area (Å²) in [7, 11) is 0.